The third-order valence-electron chi connectivity index (χ3n) is 4.44. The topological polar surface area (TPSA) is 28.2 Å². The van der Waals surface area contributed by atoms with Crippen LogP contribution in [0.2, 0.25) is 5.02 Å². The third-order valence-corrected chi connectivity index (χ3v) is 4.72. The van der Waals surface area contributed by atoms with Gasteiger partial charge in [0, 0.05) is 25.3 Å². The van der Waals surface area contributed by atoms with E-state index in [-0.39, 0.29) is 0 Å². The molecule has 1 aromatic heterocycles. The van der Waals surface area contributed by atoms with Gasteiger partial charge in [0.15, 0.2) is 0 Å². The van der Waals surface area contributed by atoms with E-state index in [1.165, 1.54) is 24.8 Å². The quantitative estimate of drug-likeness (QED) is 0.901. The highest BCUT2D eigenvalue weighted by atomic mass is 35.5. The molecule has 2 bridgehead atoms. The van der Waals surface area contributed by atoms with Crippen molar-refractivity contribution in [3.05, 3.63) is 22.8 Å². The zero-order valence-corrected chi connectivity index (χ0v) is 13.2. The molecule has 1 N–H and O–H groups in total. The molecule has 4 heteroatoms. The van der Waals surface area contributed by atoms with Crippen molar-refractivity contribution >= 4 is 17.4 Å². The highest BCUT2D eigenvalue weighted by molar-refractivity contribution is 6.33. The van der Waals surface area contributed by atoms with Crippen LogP contribution in [0.5, 0.6) is 0 Å². The molecule has 2 fully saturated rings. The third kappa shape index (κ3) is 2.94. The van der Waals surface area contributed by atoms with Crippen LogP contribution in [0.1, 0.15) is 38.7 Å². The Balaban J connectivity index is 1.65. The Bertz CT molecular complexity index is 475. The number of anilines is 1. The Morgan fingerprint density at radius 1 is 1.45 bits per heavy atom. The van der Waals surface area contributed by atoms with Gasteiger partial charge in [-0.2, -0.15) is 0 Å². The first-order valence-electron chi connectivity index (χ1n) is 7.75. The number of nitrogens with one attached hydrogen (secondary N) is 1. The number of rotatable bonds is 5. The molecule has 1 aliphatic carbocycles. The Hall–Kier alpha value is -0.800. The standard InChI is InChI=1S/C16H24ClN3/c1-11(2)7-18-8-13-6-15(17)16(19-9-13)20-10-12-3-4-14(20)5-12/h6,9,11-12,14,18H,3-5,7-8,10H2,1-2H3. The minimum absolute atomic E-state index is 0.665. The maximum absolute atomic E-state index is 6.46. The minimum Gasteiger partial charge on any atom is -0.352 e. The first kappa shape index (κ1) is 14.2. The highest BCUT2D eigenvalue weighted by Crippen LogP contribution is 2.41. The van der Waals surface area contributed by atoms with Gasteiger partial charge in [-0.1, -0.05) is 25.4 Å². The number of aromatic nitrogens is 1. The normalized spacial score (nSPS) is 24.9. The molecule has 1 aromatic rings. The first-order chi connectivity index (χ1) is 9.63. The van der Waals surface area contributed by atoms with Gasteiger partial charge in [-0.25, -0.2) is 4.98 Å². The number of halogens is 1. The van der Waals surface area contributed by atoms with E-state index in [4.69, 9.17) is 11.6 Å². The fourth-order valence-electron chi connectivity index (χ4n) is 3.47. The summed E-state index contributed by atoms with van der Waals surface area (Å²) in [4.78, 5) is 7.05. The van der Waals surface area contributed by atoms with Crippen molar-refractivity contribution in [1.82, 2.24) is 10.3 Å². The molecule has 0 radical (unpaired) electrons. The summed E-state index contributed by atoms with van der Waals surface area (Å²) in [5, 5.41) is 4.24. The summed E-state index contributed by atoms with van der Waals surface area (Å²) in [6, 6.07) is 2.75. The maximum Gasteiger partial charge on any atom is 0.147 e. The monoisotopic (exact) mass is 293 g/mol. The average Bonchev–Trinajstić information content (AvgIpc) is 3.00. The molecule has 2 heterocycles. The van der Waals surface area contributed by atoms with E-state index in [1.807, 2.05) is 6.20 Å². The molecule has 20 heavy (non-hydrogen) atoms. The molecule has 0 aromatic carbocycles. The van der Waals surface area contributed by atoms with Gasteiger partial charge in [-0.05, 0) is 49.3 Å². The number of nitrogens with zero attached hydrogens (tertiary/aromatic N) is 2. The van der Waals surface area contributed by atoms with E-state index in [2.05, 4.69) is 35.1 Å². The van der Waals surface area contributed by atoms with Crippen molar-refractivity contribution < 1.29 is 0 Å². The fraction of sp³-hybridized carbons (Fsp3) is 0.688. The molecule has 2 aliphatic rings. The van der Waals surface area contributed by atoms with Crippen LogP contribution in [0.25, 0.3) is 0 Å². The number of pyridine rings is 1. The summed E-state index contributed by atoms with van der Waals surface area (Å²) in [5.74, 6) is 2.52. The van der Waals surface area contributed by atoms with Crippen LogP contribution in [0.15, 0.2) is 12.3 Å². The predicted octanol–water partition coefficient (Wildman–Crippen LogP) is 3.47. The molecule has 3 nitrogen and oxygen atoms in total. The van der Waals surface area contributed by atoms with Gasteiger partial charge in [0.05, 0.1) is 5.02 Å². The molecular weight excluding hydrogens is 270 g/mol. The zero-order chi connectivity index (χ0) is 14.1. The summed E-state index contributed by atoms with van der Waals surface area (Å²) in [6.07, 6.45) is 5.99. The van der Waals surface area contributed by atoms with Gasteiger partial charge < -0.3 is 10.2 Å². The number of fused-ring (bicyclic) bond motifs is 2. The van der Waals surface area contributed by atoms with Crippen molar-refractivity contribution in [3.63, 3.8) is 0 Å². The van der Waals surface area contributed by atoms with Crippen LogP contribution in [-0.2, 0) is 6.54 Å². The lowest BCUT2D eigenvalue weighted by molar-refractivity contribution is 0.547. The summed E-state index contributed by atoms with van der Waals surface area (Å²) in [7, 11) is 0. The molecule has 1 saturated heterocycles. The van der Waals surface area contributed by atoms with Gasteiger partial charge in [0.2, 0.25) is 0 Å². The van der Waals surface area contributed by atoms with Crippen LogP contribution in [0.4, 0.5) is 5.82 Å². The van der Waals surface area contributed by atoms with E-state index in [1.54, 1.807) is 0 Å². The van der Waals surface area contributed by atoms with Crippen molar-refractivity contribution in [2.45, 2.75) is 45.7 Å². The second-order valence-electron chi connectivity index (χ2n) is 6.66. The van der Waals surface area contributed by atoms with Gasteiger partial charge in [-0.3, -0.25) is 0 Å². The first-order valence-corrected chi connectivity index (χ1v) is 8.13. The maximum atomic E-state index is 6.46. The molecule has 1 aliphatic heterocycles. The molecule has 110 valence electrons. The molecule has 2 atom stereocenters. The molecule has 1 saturated carbocycles. The van der Waals surface area contributed by atoms with Crippen LogP contribution < -0.4 is 10.2 Å². The van der Waals surface area contributed by atoms with Crippen LogP contribution in [0.3, 0.4) is 0 Å². The van der Waals surface area contributed by atoms with Crippen molar-refractivity contribution in [1.29, 1.82) is 0 Å². The largest absolute Gasteiger partial charge is 0.352 e. The molecule has 0 amide bonds. The van der Waals surface area contributed by atoms with Gasteiger partial charge in [-0.15, -0.1) is 0 Å². The highest BCUT2D eigenvalue weighted by Gasteiger charge is 2.39. The fourth-order valence-corrected chi connectivity index (χ4v) is 3.77. The number of piperidine rings is 1. The molecular formula is C16H24ClN3. The predicted molar refractivity (Wildman–Crippen MR) is 84.3 cm³/mol. The Morgan fingerprint density at radius 2 is 2.30 bits per heavy atom. The number of hydrogen-bond acceptors (Lipinski definition) is 3. The van der Waals surface area contributed by atoms with Crippen molar-refractivity contribution in [3.8, 4) is 0 Å². The molecule has 3 rings (SSSR count). The summed E-state index contributed by atoms with van der Waals surface area (Å²) in [5.41, 5.74) is 1.17. The van der Waals surface area contributed by atoms with Crippen molar-refractivity contribution in [2.24, 2.45) is 11.8 Å². The Labute approximate surface area is 126 Å². The Morgan fingerprint density at radius 3 is 2.90 bits per heavy atom. The lowest BCUT2D eigenvalue weighted by atomic mass is 10.1. The van der Waals surface area contributed by atoms with E-state index in [0.717, 1.165) is 36.4 Å². The van der Waals surface area contributed by atoms with E-state index < -0.39 is 0 Å². The number of hydrogen-bond donors (Lipinski definition) is 1. The lowest BCUT2D eigenvalue weighted by Gasteiger charge is -2.28. The molecule has 0 spiro atoms. The summed E-state index contributed by atoms with van der Waals surface area (Å²) in [6.45, 7) is 7.43. The summed E-state index contributed by atoms with van der Waals surface area (Å²) >= 11 is 6.46. The van der Waals surface area contributed by atoms with Gasteiger partial charge in [0.25, 0.3) is 0 Å². The summed E-state index contributed by atoms with van der Waals surface area (Å²) < 4.78 is 0. The Kier molecular flexibility index (Phi) is 4.18. The van der Waals surface area contributed by atoms with Crippen LogP contribution in [-0.4, -0.2) is 24.1 Å². The average molecular weight is 294 g/mol. The van der Waals surface area contributed by atoms with Crippen molar-refractivity contribution in [2.75, 3.05) is 18.0 Å². The minimum atomic E-state index is 0.665. The van der Waals surface area contributed by atoms with E-state index in [9.17, 15) is 0 Å². The zero-order valence-electron chi connectivity index (χ0n) is 12.4. The lowest BCUT2D eigenvalue weighted by Crippen LogP contribution is -2.32. The molecule has 2 unspecified atom stereocenters. The second-order valence-corrected chi connectivity index (χ2v) is 7.07. The SMILES string of the molecule is CC(C)CNCc1cnc(N2CC3CCC2C3)c(Cl)c1. The second kappa shape index (κ2) is 5.90. The van der Waals surface area contributed by atoms with Crippen LogP contribution >= 0.6 is 11.6 Å². The van der Waals surface area contributed by atoms with E-state index >= 15 is 0 Å². The van der Waals surface area contributed by atoms with Gasteiger partial charge in [0.1, 0.15) is 5.82 Å². The smallest absolute Gasteiger partial charge is 0.147 e. The van der Waals surface area contributed by atoms with Gasteiger partial charge >= 0.3 is 0 Å². The van der Waals surface area contributed by atoms with Crippen LogP contribution in [0, 0.1) is 11.8 Å². The van der Waals surface area contributed by atoms with E-state index in [0.29, 0.717) is 12.0 Å².